The second-order valence-electron chi connectivity index (χ2n) is 5.54. The Morgan fingerprint density at radius 3 is 3.05 bits per heavy atom. The lowest BCUT2D eigenvalue weighted by Gasteiger charge is -2.39. The number of carbonyl (C=O) groups is 1. The molecular weight excluding hydrogens is 244 g/mol. The Balaban J connectivity index is 1.93. The van der Waals surface area contributed by atoms with E-state index in [4.69, 9.17) is 0 Å². The molecule has 1 atom stereocenters. The standard InChI is InChI=1S/C13H22N4O2/c1-16(2)12(18)8-13(19)4-3-7-17(10-13)9-11-14-5-6-15-11/h5-6,19H,3-4,7-10H2,1-2H3,(H,14,15). The summed E-state index contributed by atoms with van der Waals surface area (Å²) in [6, 6.07) is 0. The molecule has 0 bridgehead atoms. The van der Waals surface area contributed by atoms with Gasteiger partial charge in [-0.05, 0) is 19.4 Å². The molecule has 1 saturated heterocycles. The lowest BCUT2D eigenvalue weighted by molar-refractivity contribution is -0.136. The van der Waals surface area contributed by atoms with Gasteiger partial charge < -0.3 is 15.0 Å². The van der Waals surface area contributed by atoms with Crippen LogP contribution >= 0.6 is 0 Å². The number of nitrogens with zero attached hydrogens (tertiary/aromatic N) is 3. The largest absolute Gasteiger partial charge is 0.388 e. The minimum Gasteiger partial charge on any atom is -0.388 e. The average Bonchev–Trinajstić information content (AvgIpc) is 2.81. The highest BCUT2D eigenvalue weighted by molar-refractivity contribution is 5.76. The van der Waals surface area contributed by atoms with Gasteiger partial charge in [-0.25, -0.2) is 4.98 Å². The number of amides is 1. The van der Waals surface area contributed by atoms with Crippen LogP contribution in [-0.2, 0) is 11.3 Å². The summed E-state index contributed by atoms with van der Waals surface area (Å²) in [6.07, 6.45) is 5.29. The van der Waals surface area contributed by atoms with Gasteiger partial charge in [-0.15, -0.1) is 0 Å². The molecule has 2 N–H and O–H groups in total. The molecule has 2 rings (SSSR count). The molecule has 1 aliphatic heterocycles. The number of H-pyrrole nitrogens is 1. The minimum atomic E-state index is -0.911. The molecule has 0 saturated carbocycles. The Bertz CT molecular complexity index is 418. The Morgan fingerprint density at radius 2 is 2.42 bits per heavy atom. The highest BCUT2D eigenvalue weighted by atomic mass is 16.3. The Labute approximate surface area is 113 Å². The number of likely N-dealkylation sites (tertiary alicyclic amines) is 1. The smallest absolute Gasteiger partial charge is 0.224 e. The molecule has 1 unspecified atom stereocenters. The summed E-state index contributed by atoms with van der Waals surface area (Å²) in [5, 5.41) is 10.6. The van der Waals surface area contributed by atoms with E-state index in [1.807, 2.05) is 0 Å². The Kier molecular flexibility index (Phi) is 4.21. The average molecular weight is 266 g/mol. The summed E-state index contributed by atoms with van der Waals surface area (Å²) >= 11 is 0. The van der Waals surface area contributed by atoms with Gasteiger partial charge in [0.05, 0.1) is 18.6 Å². The summed E-state index contributed by atoms with van der Waals surface area (Å²) in [4.78, 5) is 22.7. The number of hydrogen-bond donors (Lipinski definition) is 2. The van der Waals surface area contributed by atoms with Gasteiger partial charge in [0, 0.05) is 33.0 Å². The zero-order valence-electron chi connectivity index (χ0n) is 11.6. The van der Waals surface area contributed by atoms with Crippen LogP contribution in [0, 0.1) is 0 Å². The summed E-state index contributed by atoms with van der Waals surface area (Å²) < 4.78 is 0. The molecule has 1 aliphatic rings. The number of aliphatic hydroxyl groups is 1. The lowest BCUT2D eigenvalue weighted by atomic mass is 9.89. The van der Waals surface area contributed by atoms with Crippen LogP contribution in [0.1, 0.15) is 25.1 Å². The fourth-order valence-corrected chi connectivity index (χ4v) is 2.52. The number of piperidine rings is 1. The second kappa shape index (κ2) is 5.71. The van der Waals surface area contributed by atoms with Crippen molar-refractivity contribution in [1.29, 1.82) is 0 Å². The van der Waals surface area contributed by atoms with Crippen LogP contribution in [0.2, 0.25) is 0 Å². The second-order valence-corrected chi connectivity index (χ2v) is 5.54. The van der Waals surface area contributed by atoms with Crippen molar-refractivity contribution in [1.82, 2.24) is 19.8 Å². The van der Waals surface area contributed by atoms with Crippen molar-refractivity contribution in [2.24, 2.45) is 0 Å². The maximum atomic E-state index is 11.8. The molecule has 1 amide bonds. The molecule has 6 nitrogen and oxygen atoms in total. The number of aromatic amines is 1. The SMILES string of the molecule is CN(C)C(=O)CC1(O)CCCN(Cc2ncc[nH]2)C1. The normalized spacial score (nSPS) is 24.4. The van der Waals surface area contributed by atoms with Crippen LogP contribution in [0.25, 0.3) is 0 Å². The van der Waals surface area contributed by atoms with Crippen LogP contribution in [0.5, 0.6) is 0 Å². The van der Waals surface area contributed by atoms with E-state index in [0.29, 0.717) is 19.5 Å². The van der Waals surface area contributed by atoms with E-state index in [1.54, 1.807) is 26.5 Å². The quantitative estimate of drug-likeness (QED) is 0.817. The van der Waals surface area contributed by atoms with Crippen LogP contribution in [0.15, 0.2) is 12.4 Å². The molecule has 19 heavy (non-hydrogen) atoms. The summed E-state index contributed by atoms with van der Waals surface area (Å²) in [6.45, 7) is 2.14. The van der Waals surface area contributed by atoms with Gasteiger partial charge >= 0.3 is 0 Å². The van der Waals surface area contributed by atoms with E-state index in [0.717, 1.165) is 18.8 Å². The molecule has 0 aliphatic carbocycles. The number of hydrogen-bond acceptors (Lipinski definition) is 4. The maximum absolute atomic E-state index is 11.8. The van der Waals surface area contributed by atoms with Crippen molar-refractivity contribution < 1.29 is 9.90 Å². The van der Waals surface area contributed by atoms with Crippen LogP contribution in [0.3, 0.4) is 0 Å². The number of nitrogens with one attached hydrogen (secondary N) is 1. The highest BCUT2D eigenvalue weighted by Gasteiger charge is 2.35. The van der Waals surface area contributed by atoms with E-state index < -0.39 is 5.60 Å². The molecule has 0 radical (unpaired) electrons. The van der Waals surface area contributed by atoms with E-state index in [2.05, 4.69) is 14.9 Å². The van der Waals surface area contributed by atoms with Gasteiger partial charge in [0.25, 0.3) is 0 Å². The van der Waals surface area contributed by atoms with Gasteiger partial charge in [0.1, 0.15) is 5.82 Å². The first-order chi connectivity index (χ1) is 8.98. The third kappa shape index (κ3) is 3.78. The molecule has 0 spiro atoms. The van der Waals surface area contributed by atoms with Crippen molar-refractivity contribution in [3.63, 3.8) is 0 Å². The van der Waals surface area contributed by atoms with Crippen molar-refractivity contribution in [3.8, 4) is 0 Å². The van der Waals surface area contributed by atoms with E-state index in [1.165, 1.54) is 4.90 Å². The van der Waals surface area contributed by atoms with Gasteiger partial charge in [0.2, 0.25) is 5.91 Å². The van der Waals surface area contributed by atoms with Crippen LogP contribution in [-0.4, -0.2) is 63.6 Å². The van der Waals surface area contributed by atoms with E-state index >= 15 is 0 Å². The first-order valence-electron chi connectivity index (χ1n) is 6.62. The molecule has 2 heterocycles. The number of aromatic nitrogens is 2. The fraction of sp³-hybridized carbons (Fsp3) is 0.692. The van der Waals surface area contributed by atoms with Crippen molar-refractivity contribution in [2.75, 3.05) is 27.2 Å². The molecule has 106 valence electrons. The van der Waals surface area contributed by atoms with Crippen molar-refractivity contribution >= 4 is 5.91 Å². The predicted molar refractivity (Wildman–Crippen MR) is 71.4 cm³/mol. The third-order valence-electron chi connectivity index (χ3n) is 3.54. The lowest BCUT2D eigenvalue weighted by Crippen LogP contribution is -2.50. The molecule has 1 fully saturated rings. The molecule has 1 aromatic heterocycles. The number of carbonyl (C=O) groups excluding carboxylic acids is 1. The highest BCUT2D eigenvalue weighted by Crippen LogP contribution is 2.25. The van der Waals surface area contributed by atoms with Gasteiger partial charge in [-0.2, -0.15) is 0 Å². The topological polar surface area (TPSA) is 72.5 Å². The first kappa shape index (κ1) is 14.0. The summed E-state index contributed by atoms with van der Waals surface area (Å²) in [5.41, 5.74) is -0.911. The van der Waals surface area contributed by atoms with Gasteiger partial charge in [0.15, 0.2) is 0 Å². The van der Waals surface area contributed by atoms with E-state index in [-0.39, 0.29) is 12.3 Å². The number of rotatable bonds is 4. The summed E-state index contributed by atoms with van der Waals surface area (Å²) in [7, 11) is 3.43. The van der Waals surface area contributed by atoms with Crippen LogP contribution < -0.4 is 0 Å². The van der Waals surface area contributed by atoms with Crippen LogP contribution in [0.4, 0.5) is 0 Å². The Hall–Kier alpha value is -1.40. The summed E-state index contributed by atoms with van der Waals surface area (Å²) in [5.74, 6) is 0.866. The predicted octanol–water partition coefficient (Wildman–Crippen LogP) is 0.215. The zero-order chi connectivity index (χ0) is 13.9. The number of imidazole rings is 1. The first-order valence-corrected chi connectivity index (χ1v) is 6.62. The maximum Gasteiger partial charge on any atom is 0.224 e. The number of β-amino-alcohol motifs (C(OH)–C–C–N with tert-alkyl or cyclic N) is 1. The molecule has 0 aromatic carbocycles. The third-order valence-corrected chi connectivity index (χ3v) is 3.54. The van der Waals surface area contributed by atoms with Crippen molar-refractivity contribution in [2.45, 2.75) is 31.4 Å². The monoisotopic (exact) mass is 266 g/mol. The molecule has 1 aromatic rings. The zero-order valence-corrected chi connectivity index (χ0v) is 11.6. The van der Waals surface area contributed by atoms with Crippen molar-refractivity contribution in [3.05, 3.63) is 18.2 Å². The molecular formula is C13H22N4O2. The van der Waals surface area contributed by atoms with E-state index in [9.17, 15) is 9.90 Å². The fourth-order valence-electron chi connectivity index (χ4n) is 2.52. The van der Waals surface area contributed by atoms with Gasteiger partial charge in [-0.3, -0.25) is 9.69 Å². The molecule has 6 heteroatoms. The minimum absolute atomic E-state index is 0.0256. The van der Waals surface area contributed by atoms with Gasteiger partial charge in [-0.1, -0.05) is 0 Å². The Morgan fingerprint density at radius 1 is 1.63 bits per heavy atom.